The van der Waals surface area contributed by atoms with Gasteiger partial charge in [0.2, 0.25) is 0 Å². The predicted octanol–water partition coefficient (Wildman–Crippen LogP) is 6.66. The van der Waals surface area contributed by atoms with Gasteiger partial charge in [0.1, 0.15) is 17.5 Å². The van der Waals surface area contributed by atoms with E-state index in [4.69, 9.17) is 9.47 Å². The van der Waals surface area contributed by atoms with Gasteiger partial charge in [-0.25, -0.2) is 13.2 Å². The maximum absolute atomic E-state index is 14.7. The van der Waals surface area contributed by atoms with Crippen LogP contribution in [0, 0.1) is 17.5 Å². The number of hydrogen-bond donors (Lipinski definition) is 0. The Morgan fingerprint density at radius 2 is 1.42 bits per heavy atom. The van der Waals surface area contributed by atoms with Crippen molar-refractivity contribution < 1.29 is 35.8 Å². The fraction of sp³-hybridized carbons (Fsp3) is 0.304. The molecule has 0 saturated carbocycles. The number of ether oxygens (including phenoxy) is 2. The lowest BCUT2D eigenvalue weighted by Gasteiger charge is -2.27. The standard InChI is InChI=1S/C23H18F6O2/c24-18-10-15(6-7-17(18)23(27,28)29)21-19(25)11-16(12-20(21)26)13-2-4-14(5-3-13)22-30-8-1-9-31-22/h2,4,6-7,10-12,22H,1,3,5,8-9H2. The molecule has 0 amide bonds. The molecule has 0 spiro atoms. The van der Waals surface area contributed by atoms with Crippen LogP contribution in [0.5, 0.6) is 0 Å². The molecule has 2 nitrogen and oxygen atoms in total. The lowest BCUT2D eigenvalue weighted by Crippen LogP contribution is -2.27. The fourth-order valence-electron chi connectivity index (χ4n) is 3.73. The summed E-state index contributed by atoms with van der Waals surface area (Å²) >= 11 is 0. The first-order valence-corrected chi connectivity index (χ1v) is 9.73. The molecule has 0 atom stereocenters. The number of alkyl halides is 3. The topological polar surface area (TPSA) is 18.5 Å². The van der Waals surface area contributed by atoms with Crippen molar-refractivity contribution >= 4 is 5.57 Å². The largest absolute Gasteiger partial charge is 0.419 e. The Morgan fingerprint density at radius 3 is 1.97 bits per heavy atom. The average Bonchev–Trinajstić information content (AvgIpc) is 2.73. The molecule has 0 unspecified atom stereocenters. The summed E-state index contributed by atoms with van der Waals surface area (Å²) in [5.74, 6) is -3.56. The highest BCUT2D eigenvalue weighted by atomic mass is 19.4. The second-order valence-corrected chi connectivity index (χ2v) is 7.37. The summed E-state index contributed by atoms with van der Waals surface area (Å²) in [6, 6.07) is 4.02. The first-order chi connectivity index (χ1) is 14.7. The van der Waals surface area contributed by atoms with Gasteiger partial charge < -0.3 is 9.47 Å². The number of rotatable bonds is 3. The monoisotopic (exact) mass is 440 g/mol. The molecule has 1 aliphatic carbocycles. The summed E-state index contributed by atoms with van der Waals surface area (Å²) in [6.07, 6.45) is 0.205. The first kappa shape index (κ1) is 21.6. The third-order valence-corrected chi connectivity index (χ3v) is 5.29. The molecule has 0 aromatic heterocycles. The second-order valence-electron chi connectivity index (χ2n) is 7.37. The third-order valence-electron chi connectivity index (χ3n) is 5.29. The van der Waals surface area contributed by atoms with Crippen molar-refractivity contribution in [3.63, 3.8) is 0 Å². The first-order valence-electron chi connectivity index (χ1n) is 9.73. The van der Waals surface area contributed by atoms with Crippen LogP contribution in [-0.2, 0) is 15.7 Å². The molecule has 2 aliphatic rings. The number of benzene rings is 2. The maximum atomic E-state index is 14.7. The van der Waals surface area contributed by atoms with Crippen LogP contribution >= 0.6 is 0 Å². The van der Waals surface area contributed by atoms with Crippen molar-refractivity contribution in [2.24, 2.45) is 0 Å². The maximum Gasteiger partial charge on any atom is 0.419 e. The smallest absolute Gasteiger partial charge is 0.349 e. The Kier molecular flexibility index (Phi) is 5.94. The molecule has 2 aromatic carbocycles. The van der Waals surface area contributed by atoms with Gasteiger partial charge in [-0.05, 0) is 65.8 Å². The zero-order chi connectivity index (χ0) is 22.2. The van der Waals surface area contributed by atoms with Gasteiger partial charge in [0.05, 0.1) is 24.3 Å². The van der Waals surface area contributed by atoms with Crippen LogP contribution in [0.1, 0.15) is 30.4 Å². The zero-order valence-corrected chi connectivity index (χ0v) is 16.2. The Morgan fingerprint density at radius 1 is 0.774 bits per heavy atom. The van der Waals surface area contributed by atoms with Crippen molar-refractivity contribution in [3.05, 3.63) is 76.6 Å². The van der Waals surface area contributed by atoms with Crippen LogP contribution in [0.25, 0.3) is 16.7 Å². The average molecular weight is 440 g/mol. The molecule has 31 heavy (non-hydrogen) atoms. The molecule has 0 N–H and O–H groups in total. The minimum atomic E-state index is -4.89. The van der Waals surface area contributed by atoms with Gasteiger partial charge in [0, 0.05) is 0 Å². The van der Waals surface area contributed by atoms with Crippen molar-refractivity contribution in [1.29, 1.82) is 0 Å². The van der Waals surface area contributed by atoms with Gasteiger partial charge in [-0.3, -0.25) is 0 Å². The molecule has 2 aromatic rings. The molecule has 4 rings (SSSR count). The van der Waals surface area contributed by atoms with E-state index >= 15 is 0 Å². The van der Waals surface area contributed by atoms with Crippen LogP contribution in [0.4, 0.5) is 26.3 Å². The Hall–Kier alpha value is -2.58. The van der Waals surface area contributed by atoms with Crippen molar-refractivity contribution in [2.45, 2.75) is 31.7 Å². The van der Waals surface area contributed by atoms with Gasteiger partial charge in [0.15, 0.2) is 6.29 Å². The highest BCUT2D eigenvalue weighted by molar-refractivity contribution is 5.73. The molecule has 164 valence electrons. The van der Waals surface area contributed by atoms with E-state index in [-0.39, 0.29) is 5.56 Å². The molecule has 8 heteroatoms. The van der Waals surface area contributed by atoms with Gasteiger partial charge >= 0.3 is 6.18 Å². The predicted molar refractivity (Wildman–Crippen MR) is 102 cm³/mol. The van der Waals surface area contributed by atoms with E-state index in [0.29, 0.717) is 49.3 Å². The summed E-state index contributed by atoms with van der Waals surface area (Å²) in [5.41, 5.74) is -0.420. The van der Waals surface area contributed by atoms with Crippen LogP contribution in [0.3, 0.4) is 0 Å². The molecule has 1 aliphatic heterocycles. The van der Waals surface area contributed by atoms with Gasteiger partial charge in [-0.15, -0.1) is 0 Å². The highest BCUT2D eigenvalue weighted by Crippen LogP contribution is 2.37. The van der Waals surface area contributed by atoms with Crippen LogP contribution in [0.15, 0.2) is 48.1 Å². The fourth-order valence-corrected chi connectivity index (χ4v) is 3.73. The normalized spacial score (nSPS) is 18.0. The van der Waals surface area contributed by atoms with E-state index in [9.17, 15) is 26.3 Å². The molecular formula is C23H18F6O2. The van der Waals surface area contributed by atoms with Crippen LogP contribution in [-0.4, -0.2) is 19.5 Å². The van der Waals surface area contributed by atoms with Gasteiger partial charge in [0.25, 0.3) is 0 Å². The third kappa shape index (κ3) is 4.55. The number of hydrogen-bond acceptors (Lipinski definition) is 2. The molecule has 1 saturated heterocycles. The Bertz CT molecular complexity index is 1030. The SMILES string of the molecule is Fc1cc(-c2c(F)cc(C3=CC=C(C4OCCCO4)CC3)cc2F)ccc1C(F)(F)F. The molecule has 1 fully saturated rings. The lowest BCUT2D eigenvalue weighted by atomic mass is 9.91. The van der Waals surface area contributed by atoms with E-state index in [0.717, 1.165) is 30.2 Å². The van der Waals surface area contributed by atoms with E-state index in [2.05, 4.69) is 0 Å². The van der Waals surface area contributed by atoms with Gasteiger partial charge in [-0.1, -0.05) is 18.2 Å². The number of halogens is 6. The van der Waals surface area contributed by atoms with Crippen molar-refractivity contribution in [3.8, 4) is 11.1 Å². The van der Waals surface area contributed by atoms with Crippen LogP contribution < -0.4 is 0 Å². The van der Waals surface area contributed by atoms with Crippen molar-refractivity contribution in [2.75, 3.05) is 13.2 Å². The Labute approximate surface area is 174 Å². The minimum absolute atomic E-state index is 0.307. The van der Waals surface area contributed by atoms with E-state index in [1.54, 1.807) is 6.08 Å². The molecule has 0 radical (unpaired) electrons. The number of allylic oxidation sites excluding steroid dienone is 3. The Balaban J connectivity index is 1.62. The lowest BCUT2D eigenvalue weighted by molar-refractivity contribution is -0.157. The van der Waals surface area contributed by atoms with E-state index in [1.807, 2.05) is 6.08 Å². The second kappa shape index (κ2) is 8.51. The molecule has 1 heterocycles. The summed E-state index contributed by atoms with van der Waals surface area (Å²) in [7, 11) is 0. The van der Waals surface area contributed by atoms with E-state index < -0.39 is 41.0 Å². The zero-order valence-electron chi connectivity index (χ0n) is 16.2. The summed E-state index contributed by atoms with van der Waals surface area (Å²) in [4.78, 5) is 0. The summed E-state index contributed by atoms with van der Waals surface area (Å²) in [6.45, 7) is 1.22. The molecule has 0 bridgehead atoms. The van der Waals surface area contributed by atoms with Crippen molar-refractivity contribution in [1.82, 2.24) is 0 Å². The summed E-state index contributed by atoms with van der Waals surface area (Å²) in [5, 5.41) is 0. The quantitative estimate of drug-likeness (QED) is 0.497. The van der Waals surface area contributed by atoms with Crippen LogP contribution in [0.2, 0.25) is 0 Å². The highest BCUT2D eigenvalue weighted by Gasteiger charge is 2.34. The minimum Gasteiger partial charge on any atom is -0.349 e. The molecular weight excluding hydrogens is 422 g/mol. The summed E-state index contributed by atoms with van der Waals surface area (Å²) < 4.78 is 92.6. The van der Waals surface area contributed by atoms with E-state index in [1.165, 1.54) is 0 Å². The van der Waals surface area contributed by atoms with Gasteiger partial charge in [-0.2, -0.15) is 13.2 Å².